The summed E-state index contributed by atoms with van der Waals surface area (Å²) < 4.78 is 0. The van der Waals surface area contributed by atoms with E-state index in [0.29, 0.717) is 13.1 Å². The summed E-state index contributed by atoms with van der Waals surface area (Å²) in [6, 6.07) is 10.5. The fourth-order valence-electron chi connectivity index (χ4n) is 3.46. The Bertz CT molecular complexity index is 500. The number of carbonyl (C=O) groups is 1. The molecule has 5 heteroatoms. The highest BCUT2D eigenvalue weighted by Gasteiger charge is 2.25. The van der Waals surface area contributed by atoms with Gasteiger partial charge in [0.05, 0.1) is 12.6 Å². The maximum absolute atomic E-state index is 12.4. The van der Waals surface area contributed by atoms with Gasteiger partial charge in [-0.15, -0.1) is 0 Å². The number of hydrogen-bond donors (Lipinski definition) is 1. The molecule has 0 spiro atoms. The number of benzene rings is 1. The van der Waals surface area contributed by atoms with Gasteiger partial charge < -0.3 is 10.0 Å². The van der Waals surface area contributed by atoms with Gasteiger partial charge in [-0.1, -0.05) is 30.3 Å². The predicted molar refractivity (Wildman–Crippen MR) is 90.0 cm³/mol. The number of piperazine rings is 1. The Morgan fingerprint density at radius 1 is 1.04 bits per heavy atom. The van der Waals surface area contributed by atoms with E-state index in [9.17, 15) is 9.90 Å². The number of rotatable bonds is 4. The first-order chi connectivity index (χ1) is 11.2. The number of aliphatic hydroxyl groups is 1. The lowest BCUT2D eigenvalue weighted by Gasteiger charge is -2.36. The van der Waals surface area contributed by atoms with E-state index in [0.717, 1.165) is 52.1 Å². The Kier molecular flexibility index (Phi) is 5.65. The number of piperidine rings is 1. The molecule has 2 aliphatic heterocycles. The summed E-state index contributed by atoms with van der Waals surface area (Å²) in [6.07, 6.45) is 1.58. The first-order valence-corrected chi connectivity index (χ1v) is 8.65. The van der Waals surface area contributed by atoms with Gasteiger partial charge in [0.2, 0.25) is 5.91 Å². The maximum atomic E-state index is 12.4. The van der Waals surface area contributed by atoms with Gasteiger partial charge in [0, 0.05) is 39.3 Å². The van der Waals surface area contributed by atoms with Gasteiger partial charge in [0.1, 0.15) is 0 Å². The van der Waals surface area contributed by atoms with E-state index in [1.54, 1.807) is 0 Å². The largest absolute Gasteiger partial charge is 0.392 e. The lowest BCUT2D eigenvalue weighted by molar-refractivity contribution is -0.134. The number of carbonyl (C=O) groups excluding carboxylic acids is 1. The smallest absolute Gasteiger partial charge is 0.236 e. The van der Waals surface area contributed by atoms with Crippen LogP contribution in [0.15, 0.2) is 30.3 Å². The third kappa shape index (κ3) is 4.77. The van der Waals surface area contributed by atoms with Crippen molar-refractivity contribution in [2.24, 2.45) is 0 Å². The van der Waals surface area contributed by atoms with E-state index in [4.69, 9.17) is 0 Å². The monoisotopic (exact) mass is 317 g/mol. The average molecular weight is 317 g/mol. The van der Waals surface area contributed by atoms with Crippen molar-refractivity contribution in [1.82, 2.24) is 14.7 Å². The van der Waals surface area contributed by atoms with Crippen molar-refractivity contribution in [3.8, 4) is 0 Å². The van der Waals surface area contributed by atoms with E-state index in [1.807, 2.05) is 11.0 Å². The number of nitrogens with zero attached hydrogens (tertiary/aromatic N) is 3. The predicted octanol–water partition coefficient (Wildman–Crippen LogP) is 0.788. The number of likely N-dealkylation sites (tertiary alicyclic amines) is 1. The third-order valence-corrected chi connectivity index (χ3v) is 4.81. The molecule has 126 valence electrons. The second-order valence-corrected chi connectivity index (χ2v) is 6.67. The van der Waals surface area contributed by atoms with Crippen molar-refractivity contribution in [3.63, 3.8) is 0 Å². The highest BCUT2D eigenvalue weighted by molar-refractivity contribution is 5.78. The van der Waals surface area contributed by atoms with E-state index in [1.165, 1.54) is 5.56 Å². The molecule has 2 aliphatic rings. The van der Waals surface area contributed by atoms with Gasteiger partial charge >= 0.3 is 0 Å². The molecule has 0 aliphatic carbocycles. The zero-order valence-corrected chi connectivity index (χ0v) is 13.7. The van der Waals surface area contributed by atoms with Gasteiger partial charge in [-0.2, -0.15) is 0 Å². The summed E-state index contributed by atoms with van der Waals surface area (Å²) in [7, 11) is 0. The van der Waals surface area contributed by atoms with Crippen LogP contribution in [0.4, 0.5) is 0 Å². The van der Waals surface area contributed by atoms with Crippen LogP contribution in [0.1, 0.15) is 18.4 Å². The lowest BCUT2D eigenvalue weighted by atomic mass is 10.1. The van der Waals surface area contributed by atoms with Gasteiger partial charge in [-0.05, 0) is 24.9 Å². The average Bonchev–Trinajstić information content (AvgIpc) is 2.56. The van der Waals surface area contributed by atoms with Crippen LogP contribution in [0, 0.1) is 0 Å². The molecule has 0 saturated carbocycles. The van der Waals surface area contributed by atoms with Crippen LogP contribution in [0.25, 0.3) is 0 Å². The molecule has 0 radical (unpaired) electrons. The van der Waals surface area contributed by atoms with Crippen molar-refractivity contribution in [2.45, 2.75) is 25.5 Å². The van der Waals surface area contributed by atoms with Crippen LogP contribution in [-0.4, -0.2) is 77.6 Å². The van der Waals surface area contributed by atoms with Crippen molar-refractivity contribution in [1.29, 1.82) is 0 Å². The van der Waals surface area contributed by atoms with E-state index < -0.39 is 0 Å². The molecular formula is C18H27N3O2. The standard InChI is InChI=1S/C18H27N3O2/c22-17-7-4-8-20(14-17)15-18(23)21-11-9-19(10-12-21)13-16-5-2-1-3-6-16/h1-3,5-6,17,22H,4,7-15H2. The molecule has 0 bridgehead atoms. The molecule has 1 aromatic rings. The Labute approximate surface area is 138 Å². The van der Waals surface area contributed by atoms with Crippen LogP contribution in [-0.2, 0) is 11.3 Å². The molecule has 1 atom stereocenters. The van der Waals surface area contributed by atoms with E-state index >= 15 is 0 Å². The quantitative estimate of drug-likeness (QED) is 0.892. The SMILES string of the molecule is O=C(CN1CCCC(O)C1)N1CCN(Cc2ccccc2)CC1. The summed E-state index contributed by atoms with van der Waals surface area (Å²) in [6.45, 7) is 6.46. The van der Waals surface area contributed by atoms with E-state index in [-0.39, 0.29) is 12.0 Å². The number of hydrogen-bond acceptors (Lipinski definition) is 4. The van der Waals surface area contributed by atoms with Crippen molar-refractivity contribution < 1.29 is 9.90 Å². The molecule has 2 saturated heterocycles. The van der Waals surface area contributed by atoms with Crippen molar-refractivity contribution in [2.75, 3.05) is 45.8 Å². The minimum atomic E-state index is -0.265. The summed E-state index contributed by atoms with van der Waals surface area (Å²) in [4.78, 5) is 18.9. The Morgan fingerprint density at radius 2 is 1.78 bits per heavy atom. The zero-order valence-electron chi connectivity index (χ0n) is 13.7. The molecule has 1 amide bonds. The fourth-order valence-corrected chi connectivity index (χ4v) is 3.46. The Balaban J connectivity index is 1.42. The molecule has 0 aromatic heterocycles. The number of amides is 1. The molecule has 2 heterocycles. The zero-order chi connectivity index (χ0) is 16.1. The normalized spacial score (nSPS) is 23.9. The Morgan fingerprint density at radius 3 is 2.48 bits per heavy atom. The molecule has 1 unspecified atom stereocenters. The first kappa shape index (κ1) is 16.4. The Hall–Kier alpha value is -1.43. The van der Waals surface area contributed by atoms with Crippen LogP contribution < -0.4 is 0 Å². The number of aliphatic hydroxyl groups excluding tert-OH is 1. The molecule has 1 aromatic carbocycles. The topological polar surface area (TPSA) is 47.0 Å². The highest BCUT2D eigenvalue weighted by atomic mass is 16.3. The van der Waals surface area contributed by atoms with Crippen molar-refractivity contribution in [3.05, 3.63) is 35.9 Å². The van der Waals surface area contributed by atoms with Gasteiger partial charge in [0.25, 0.3) is 0 Å². The fraction of sp³-hybridized carbons (Fsp3) is 0.611. The van der Waals surface area contributed by atoms with E-state index in [2.05, 4.69) is 34.1 Å². The molecule has 2 fully saturated rings. The summed E-state index contributed by atoms with van der Waals surface area (Å²) in [5.41, 5.74) is 1.33. The highest BCUT2D eigenvalue weighted by Crippen LogP contribution is 2.12. The molecular weight excluding hydrogens is 290 g/mol. The summed E-state index contributed by atoms with van der Waals surface area (Å²) in [5.74, 6) is 0.207. The molecule has 5 nitrogen and oxygen atoms in total. The van der Waals surface area contributed by atoms with Gasteiger partial charge in [0.15, 0.2) is 0 Å². The van der Waals surface area contributed by atoms with Crippen molar-refractivity contribution >= 4 is 5.91 Å². The first-order valence-electron chi connectivity index (χ1n) is 8.65. The minimum absolute atomic E-state index is 0.207. The van der Waals surface area contributed by atoms with Gasteiger partial charge in [-0.3, -0.25) is 14.6 Å². The molecule has 23 heavy (non-hydrogen) atoms. The molecule has 3 rings (SSSR count). The second-order valence-electron chi connectivity index (χ2n) is 6.67. The van der Waals surface area contributed by atoms with Crippen LogP contribution in [0.3, 0.4) is 0 Å². The second kappa shape index (κ2) is 7.90. The van der Waals surface area contributed by atoms with Crippen LogP contribution in [0.5, 0.6) is 0 Å². The number of β-amino-alcohol motifs (C(OH)–C–C–N with tert-alkyl or cyclic N) is 1. The molecule has 1 N–H and O–H groups in total. The van der Waals surface area contributed by atoms with Crippen LogP contribution >= 0.6 is 0 Å². The van der Waals surface area contributed by atoms with Gasteiger partial charge in [-0.25, -0.2) is 0 Å². The minimum Gasteiger partial charge on any atom is -0.392 e. The van der Waals surface area contributed by atoms with Crippen LogP contribution in [0.2, 0.25) is 0 Å². The summed E-state index contributed by atoms with van der Waals surface area (Å²) in [5, 5.41) is 9.70. The lowest BCUT2D eigenvalue weighted by Crippen LogP contribution is -2.52. The third-order valence-electron chi connectivity index (χ3n) is 4.81. The maximum Gasteiger partial charge on any atom is 0.236 e. The summed E-state index contributed by atoms with van der Waals surface area (Å²) >= 11 is 0.